The van der Waals surface area contributed by atoms with Crippen LogP contribution in [0.2, 0.25) is 0 Å². The first-order valence-electron chi connectivity index (χ1n) is 6.83. The normalized spacial score (nSPS) is 18.6. The van der Waals surface area contributed by atoms with Gasteiger partial charge in [-0.15, -0.1) is 0 Å². The van der Waals surface area contributed by atoms with Crippen LogP contribution in [-0.2, 0) is 15.8 Å². The number of rotatable bonds is 3. The lowest BCUT2D eigenvalue weighted by Gasteiger charge is -2.28. The molecule has 5 nitrogen and oxygen atoms in total. The fraction of sp³-hybridized carbons (Fsp3) is 0.714. The number of hydrogen-bond acceptors (Lipinski definition) is 5. The van der Waals surface area contributed by atoms with Gasteiger partial charge in [0.05, 0.1) is 5.69 Å². The molecule has 3 N–H and O–H groups in total. The number of nitrogens with one attached hydrogen (secondary N) is 1. The second-order valence-electron chi connectivity index (χ2n) is 6.26. The number of hydrazine groups is 1. The van der Waals surface area contributed by atoms with Gasteiger partial charge in [-0.25, -0.2) is 15.8 Å². The summed E-state index contributed by atoms with van der Waals surface area (Å²) in [6.07, 6.45) is 4.26. The molecule has 0 atom stereocenters. The van der Waals surface area contributed by atoms with Crippen molar-refractivity contribution in [3.05, 3.63) is 17.6 Å². The third-order valence-corrected chi connectivity index (χ3v) is 3.85. The van der Waals surface area contributed by atoms with Crippen LogP contribution in [0.4, 0.5) is 5.82 Å². The molecule has 1 fully saturated rings. The molecule has 1 aliphatic rings. The van der Waals surface area contributed by atoms with E-state index in [-0.39, 0.29) is 11.0 Å². The molecule has 0 radical (unpaired) electrons. The fourth-order valence-electron chi connectivity index (χ4n) is 2.57. The highest BCUT2D eigenvalue weighted by Gasteiger charge is 2.39. The van der Waals surface area contributed by atoms with Crippen LogP contribution >= 0.6 is 0 Å². The molecule has 1 aromatic rings. The zero-order valence-corrected chi connectivity index (χ0v) is 12.3. The van der Waals surface area contributed by atoms with E-state index in [0.717, 1.165) is 37.2 Å². The Morgan fingerprint density at radius 1 is 1.26 bits per heavy atom. The molecule has 2 rings (SSSR count). The van der Waals surface area contributed by atoms with Gasteiger partial charge in [0, 0.05) is 18.6 Å². The van der Waals surface area contributed by atoms with E-state index in [1.54, 1.807) is 7.11 Å². The highest BCUT2D eigenvalue weighted by Crippen LogP contribution is 2.40. The van der Waals surface area contributed by atoms with E-state index in [0.29, 0.717) is 5.82 Å². The van der Waals surface area contributed by atoms with Gasteiger partial charge in [0.1, 0.15) is 11.4 Å². The van der Waals surface area contributed by atoms with Crippen LogP contribution in [0.15, 0.2) is 6.07 Å². The van der Waals surface area contributed by atoms with E-state index in [4.69, 9.17) is 15.6 Å². The summed E-state index contributed by atoms with van der Waals surface area (Å²) in [5.74, 6) is 6.94. The lowest BCUT2D eigenvalue weighted by atomic mass is 9.91. The van der Waals surface area contributed by atoms with Crippen LogP contribution in [0.3, 0.4) is 0 Å². The largest absolute Gasteiger partial charge is 0.370 e. The molecule has 1 heterocycles. The van der Waals surface area contributed by atoms with E-state index in [9.17, 15) is 0 Å². The molecule has 1 saturated carbocycles. The molecule has 0 unspecified atom stereocenters. The highest BCUT2D eigenvalue weighted by atomic mass is 16.5. The first-order valence-corrected chi connectivity index (χ1v) is 6.83. The number of methoxy groups -OCH3 is 1. The molecule has 0 amide bonds. The number of hydrogen-bond donors (Lipinski definition) is 2. The lowest BCUT2D eigenvalue weighted by Crippen LogP contribution is -2.30. The van der Waals surface area contributed by atoms with Crippen LogP contribution in [0.5, 0.6) is 0 Å². The monoisotopic (exact) mass is 264 g/mol. The van der Waals surface area contributed by atoms with Crippen molar-refractivity contribution >= 4 is 5.82 Å². The lowest BCUT2D eigenvalue weighted by molar-refractivity contribution is -0.0164. The maximum atomic E-state index is 5.76. The number of aromatic nitrogens is 2. The van der Waals surface area contributed by atoms with E-state index in [1.165, 1.54) is 0 Å². The summed E-state index contributed by atoms with van der Waals surface area (Å²) in [6, 6.07) is 1.90. The topological polar surface area (TPSA) is 73.1 Å². The van der Waals surface area contributed by atoms with E-state index in [2.05, 4.69) is 31.2 Å². The Kier molecular flexibility index (Phi) is 3.78. The van der Waals surface area contributed by atoms with Crippen molar-refractivity contribution in [2.45, 2.75) is 57.5 Å². The van der Waals surface area contributed by atoms with Crippen LogP contribution < -0.4 is 11.3 Å². The van der Waals surface area contributed by atoms with Gasteiger partial charge in [0.2, 0.25) is 0 Å². The predicted molar refractivity (Wildman–Crippen MR) is 75.7 cm³/mol. The molecular formula is C14H24N4O. The van der Waals surface area contributed by atoms with Gasteiger partial charge in [-0.3, -0.25) is 0 Å². The number of nitrogen functional groups attached to an aromatic ring is 1. The number of anilines is 1. The average molecular weight is 264 g/mol. The summed E-state index contributed by atoms with van der Waals surface area (Å²) < 4.78 is 5.76. The number of nitrogens with two attached hydrogens (primary N) is 1. The summed E-state index contributed by atoms with van der Waals surface area (Å²) in [6.45, 7) is 6.40. The molecule has 0 spiro atoms. The average Bonchev–Trinajstić information content (AvgIpc) is 2.87. The van der Waals surface area contributed by atoms with Crippen LogP contribution in [-0.4, -0.2) is 17.1 Å². The Labute approximate surface area is 114 Å². The summed E-state index contributed by atoms with van der Waals surface area (Å²) in [5.41, 5.74) is 3.23. The Bertz CT molecular complexity index is 447. The second-order valence-corrected chi connectivity index (χ2v) is 6.26. The number of ether oxygens (including phenoxy) is 1. The van der Waals surface area contributed by atoms with E-state index < -0.39 is 0 Å². The van der Waals surface area contributed by atoms with E-state index in [1.807, 2.05) is 6.07 Å². The van der Waals surface area contributed by atoms with Gasteiger partial charge in [0.25, 0.3) is 0 Å². The molecule has 0 aromatic carbocycles. The second kappa shape index (κ2) is 5.06. The predicted octanol–water partition coefficient (Wildman–Crippen LogP) is 2.48. The molecule has 106 valence electrons. The maximum Gasteiger partial charge on any atom is 0.162 e. The quantitative estimate of drug-likeness (QED) is 0.648. The Morgan fingerprint density at radius 2 is 1.89 bits per heavy atom. The van der Waals surface area contributed by atoms with Crippen molar-refractivity contribution in [2.75, 3.05) is 12.5 Å². The minimum absolute atomic E-state index is 0.0448. The third kappa shape index (κ3) is 2.72. The van der Waals surface area contributed by atoms with Crippen LogP contribution in [0.25, 0.3) is 0 Å². The summed E-state index contributed by atoms with van der Waals surface area (Å²) in [4.78, 5) is 9.26. The first-order chi connectivity index (χ1) is 8.91. The zero-order chi connectivity index (χ0) is 14.1. The summed E-state index contributed by atoms with van der Waals surface area (Å²) >= 11 is 0. The van der Waals surface area contributed by atoms with Crippen molar-refractivity contribution in [3.8, 4) is 0 Å². The zero-order valence-electron chi connectivity index (χ0n) is 12.3. The van der Waals surface area contributed by atoms with Crippen molar-refractivity contribution in [1.29, 1.82) is 0 Å². The third-order valence-electron chi connectivity index (χ3n) is 3.85. The highest BCUT2D eigenvalue weighted by molar-refractivity contribution is 5.37. The minimum Gasteiger partial charge on any atom is -0.370 e. The van der Waals surface area contributed by atoms with Gasteiger partial charge in [-0.2, -0.15) is 0 Å². The minimum atomic E-state index is -0.340. The fourth-order valence-corrected chi connectivity index (χ4v) is 2.57. The SMILES string of the molecule is COC1(c2nc(NN)cc(C(C)(C)C)n2)CCCC1. The molecule has 0 bridgehead atoms. The smallest absolute Gasteiger partial charge is 0.162 e. The Hall–Kier alpha value is -1.20. The standard InChI is InChI=1S/C14H24N4O/c1-13(2,3)10-9-11(18-15)17-12(16-10)14(19-4)7-5-6-8-14/h9H,5-8,15H2,1-4H3,(H,16,17,18). The van der Waals surface area contributed by atoms with Gasteiger partial charge < -0.3 is 10.2 Å². The van der Waals surface area contributed by atoms with E-state index >= 15 is 0 Å². The van der Waals surface area contributed by atoms with Crippen molar-refractivity contribution in [2.24, 2.45) is 5.84 Å². The number of nitrogens with zero attached hydrogens (tertiary/aromatic N) is 2. The Balaban J connectivity index is 2.50. The van der Waals surface area contributed by atoms with Gasteiger partial charge in [0.15, 0.2) is 5.82 Å². The van der Waals surface area contributed by atoms with Crippen LogP contribution in [0.1, 0.15) is 58.0 Å². The summed E-state index contributed by atoms with van der Waals surface area (Å²) in [5, 5.41) is 0. The molecule has 1 aliphatic carbocycles. The van der Waals surface area contributed by atoms with Gasteiger partial charge in [-0.05, 0) is 25.7 Å². The molecule has 19 heavy (non-hydrogen) atoms. The summed E-state index contributed by atoms with van der Waals surface area (Å²) in [7, 11) is 1.74. The Morgan fingerprint density at radius 3 is 2.37 bits per heavy atom. The molecule has 0 aliphatic heterocycles. The van der Waals surface area contributed by atoms with Gasteiger partial charge >= 0.3 is 0 Å². The molecule has 1 aromatic heterocycles. The van der Waals surface area contributed by atoms with Crippen LogP contribution in [0, 0.1) is 0 Å². The maximum absolute atomic E-state index is 5.76. The molecule has 0 saturated heterocycles. The van der Waals surface area contributed by atoms with Crippen molar-refractivity contribution in [3.63, 3.8) is 0 Å². The molecule has 5 heteroatoms. The van der Waals surface area contributed by atoms with Crippen molar-refractivity contribution < 1.29 is 4.74 Å². The van der Waals surface area contributed by atoms with Crippen molar-refractivity contribution in [1.82, 2.24) is 9.97 Å². The molecular weight excluding hydrogens is 240 g/mol. The van der Waals surface area contributed by atoms with Gasteiger partial charge in [-0.1, -0.05) is 20.8 Å². The first kappa shape index (κ1) is 14.2.